The summed E-state index contributed by atoms with van der Waals surface area (Å²) in [4.78, 5) is 47.6. The lowest BCUT2D eigenvalue weighted by Gasteiger charge is -2.38. The predicted octanol–water partition coefficient (Wildman–Crippen LogP) is 3.49. The van der Waals surface area contributed by atoms with E-state index in [-0.39, 0.29) is 24.3 Å². The van der Waals surface area contributed by atoms with Crippen molar-refractivity contribution in [2.75, 3.05) is 33.3 Å². The summed E-state index contributed by atoms with van der Waals surface area (Å²) in [5.41, 5.74) is 1.02. The highest BCUT2D eigenvalue weighted by molar-refractivity contribution is 8.02. The number of amides is 3. The van der Waals surface area contributed by atoms with Gasteiger partial charge in [-0.2, -0.15) is 0 Å². The molecule has 1 N–H and O–H groups in total. The third kappa shape index (κ3) is 4.93. The van der Waals surface area contributed by atoms with Crippen molar-refractivity contribution >= 4 is 29.5 Å². The maximum absolute atomic E-state index is 14.4. The van der Waals surface area contributed by atoms with Gasteiger partial charge in [0.25, 0.3) is 0 Å². The van der Waals surface area contributed by atoms with Crippen LogP contribution in [-0.4, -0.2) is 86.4 Å². The molecule has 0 radical (unpaired) electrons. The van der Waals surface area contributed by atoms with Gasteiger partial charge in [-0.25, -0.2) is 0 Å². The van der Waals surface area contributed by atoms with Gasteiger partial charge in [-0.1, -0.05) is 42.5 Å². The van der Waals surface area contributed by atoms with Crippen LogP contribution >= 0.6 is 11.8 Å². The van der Waals surface area contributed by atoms with E-state index in [0.29, 0.717) is 39.0 Å². The van der Waals surface area contributed by atoms with Gasteiger partial charge in [0.2, 0.25) is 17.7 Å². The zero-order valence-electron chi connectivity index (χ0n) is 22.7. The Kier molecular flexibility index (Phi) is 8.72. The Bertz CT molecular complexity index is 1060. The molecule has 2 bridgehead atoms. The summed E-state index contributed by atoms with van der Waals surface area (Å²) >= 11 is 1.70. The molecule has 3 saturated heterocycles. The molecule has 3 aliphatic heterocycles. The molecule has 5 atom stereocenters. The van der Waals surface area contributed by atoms with E-state index in [1.807, 2.05) is 30.3 Å². The molecule has 1 spiro atoms. The summed E-state index contributed by atoms with van der Waals surface area (Å²) in [5, 5.41) is 9.26. The molecule has 0 saturated carbocycles. The smallest absolute Gasteiger partial charge is 0.247 e. The first-order chi connectivity index (χ1) is 18.2. The summed E-state index contributed by atoms with van der Waals surface area (Å²) in [6, 6.07) is 9.23. The average Bonchev–Trinajstić information content (AvgIpc) is 3.47. The molecular weight excluding hydrogens is 498 g/mol. The number of nitrogens with zero attached hydrogens (tertiary/aromatic N) is 3. The first-order valence-corrected chi connectivity index (χ1v) is 14.5. The molecule has 3 amide bonds. The van der Waals surface area contributed by atoms with Gasteiger partial charge in [-0.15, -0.1) is 24.9 Å². The van der Waals surface area contributed by atoms with E-state index in [1.54, 1.807) is 45.7 Å². The van der Waals surface area contributed by atoms with E-state index >= 15 is 0 Å². The molecule has 2 unspecified atom stereocenters. The molecule has 206 valence electrons. The topological polar surface area (TPSA) is 81.2 Å². The van der Waals surface area contributed by atoms with Crippen molar-refractivity contribution in [3.63, 3.8) is 0 Å². The van der Waals surface area contributed by atoms with Crippen LogP contribution in [0.2, 0.25) is 0 Å². The largest absolute Gasteiger partial charge is 0.396 e. The second-order valence-electron chi connectivity index (χ2n) is 11.0. The molecule has 7 nitrogen and oxygen atoms in total. The van der Waals surface area contributed by atoms with E-state index in [9.17, 15) is 19.5 Å². The quantitative estimate of drug-likeness (QED) is 0.307. The van der Waals surface area contributed by atoms with Crippen LogP contribution in [0, 0.1) is 11.8 Å². The lowest BCUT2D eigenvalue weighted by molar-refractivity contribution is -0.145. The first-order valence-electron chi connectivity index (χ1n) is 13.6. The van der Waals surface area contributed by atoms with Crippen LogP contribution in [0.3, 0.4) is 0 Å². The zero-order valence-corrected chi connectivity index (χ0v) is 23.5. The van der Waals surface area contributed by atoms with Crippen LogP contribution in [0.4, 0.5) is 0 Å². The fourth-order valence-corrected chi connectivity index (χ4v) is 9.12. The van der Waals surface area contributed by atoms with Crippen molar-refractivity contribution in [1.82, 2.24) is 14.7 Å². The molecule has 8 heteroatoms. The van der Waals surface area contributed by atoms with Gasteiger partial charge >= 0.3 is 0 Å². The van der Waals surface area contributed by atoms with Crippen LogP contribution in [0.1, 0.15) is 44.6 Å². The van der Waals surface area contributed by atoms with Crippen LogP contribution < -0.4 is 0 Å². The van der Waals surface area contributed by atoms with E-state index in [4.69, 9.17) is 0 Å². The van der Waals surface area contributed by atoms with E-state index in [0.717, 1.165) is 24.8 Å². The minimum Gasteiger partial charge on any atom is -0.396 e. The van der Waals surface area contributed by atoms with E-state index in [1.165, 1.54) is 0 Å². The predicted molar refractivity (Wildman–Crippen MR) is 151 cm³/mol. The van der Waals surface area contributed by atoms with Crippen LogP contribution in [0.5, 0.6) is 0 Å². The zero-order chi connectivity index (χ0) is 27.5. The number of fused-ring (bicyclic) bond motifs is 1. The third-order valence-electron chi connectivity index (χ3n) is 8.49. The average molecular weight is 540 g/mol. The van der Waals surface area contributed by atoms with Crippen molar-refractivity contribution in [1.29, 1.82) is 0 Å². The normalized spacial score (nSPS) is 29.3. The number of hydrogen-bond donors (Lipinski definition) is 1. The molecule has 0 aromatic heterocycles. The molecule has 3 heterocycles. The number of carbonyl (C=O) groups is 3. The monoisotopic (exact) mass is 539 g/mol. The molecule has 1 aromatic carbocycles. The molecule has 38 heavy (non-hydrogen) atoms. The van der Waals surface area contributed by atoms with Crippen molar-refractivity contribution in [3.05, 3.63) is 61.2 Å². The Balaban J connectivity index is 1.72. The summed E-state index contributed by atoms with van der Waals surface area (Å²) in [6.07, 6.45) is 7.09. The number of likely N-dealkylation sites (N-methyl/N-ethyl adjacent to an activating group) is 1. The van der Waals surface area contributed by atoms with Gasteiger partial charge in [0.15, 0.2) is 0 Å². The maximum Gasteiger partial charge on any atom is 0.247 e. The second-order valence-corrected chi connectivity index (χ2v) is 12.9. The van der Waals surface area contributed by atoms with Gasteiger partial charge < -0.3 is 19.8 Å². The third-order valence-corrected chi connectivity index (χ3v) is 10.5. The SMILES string of the molecule is C=CCN(C)C(=O)[C@@H]1[C@H]2C(=O)N(CCCCCO)C(C(=O)N(CC=C)Cc3ccccc3)C23CC[C@@]1(C)S3. The van der Waals surface area contributed by atoms with Crippen molar-refractivity contribution in [3.8, 4) is 0 Å². The fourth-order valence-electron chi connectivity index (χ4n) is 6.78. The number of aliphatic hydroxyl groups excluding tert-OH is 1. The highest BCUT2D eigenvalue weighted by atomic mass is 32.2. The van der Waals surface area contributed by atoms with Crippen LogP contribution in [-0.2, 0) is 20.9 Å². The molecule has 3 fully saturated rings. The number of thioether (sulfide) groups is 1. The number of unbranched alkanes of at least 4 members (excludes halogenated alkanes) is 2. The standard InChI is InChI=1S/C30H41N3O4S/c1-5-17-31(4)26(35)23-24-27(36)33(19-11-8-12-20-34)25(30(24)16-15-29(23,3)38-30)28(37)32(18-6-2)21-22-13-9-7-10-14-22/h5-7,9-10,13-14,23-25,34H,1-2,8,11-12,15-21H2,3-4H3/t23-,24-,25?,29+,30?/m0/s1. The minimum absolute atomic E-state index is 0.0413. The Labute approximate surface area is 230 Å². The van der Waals surface area contributed by atoms with Crippen molar-refractivity contribution in [2.45, 2.75) is 61.1 Å². The summed E-state index contributed by atoms with van der Waals surface area (Å²) in [5.74, 6) is -1.19. The molecule has 0 aliphatic carbocycles. The van der Waals surface area contributed by atoms with Crippen LogP contribution in [0.15, 0.2) is 55.6 Å². The lowest BCUT2D eigenvalue weighted by Crippen LogP contribution is -2.55. The molecule has 4 rings (SSSR count). The van der Waals surface area contributed by atoms with Crippen LogP contribution in [0.25, 0.3) is 0 Å². The van der Waals surface area contributed by atoms with E-state index in [2.05, 4.69) is 20.1 Å². The number of benzene rings is 1. The Morgan fingerprint density at radius 1 is 1.11 bits per heavy atom. The maximum atomic E-state index is 14.4. The number of carbonyl (C=O) groups excluding carboxylic acids is 3. The highest BCUT2D eigenvalue weighted by Crippen LogP contribution is 2.71. The fraction of sp³-hybridized carbons (Fsp3) is 0.567. The summed E-state index contributed by atoms with van der Waals surface area (Å²) < 4.78 is -1.03. The molecule has 3 aliphatic rings. The first kappa shape index (κ1) is 28.4. The summed E-state index contributed by atoms with van der Waals surface area (Å²) in [6.45, 7) is 11.5. The number of rotatable bonds is 13. The number of hydrogen-bond acceptors (Lipinski definition) is 5. The Morgan fingerprint density at radius 2 is 1.82 bits per heavy atom. The molecular formula is C30H41N3O4S. The highest BCUT2D eigenvalue weighted by Gasteiger charge is 2.77. The lowest BCUT2D eigenvalue weighted by atomic mass is 9.66. The van der Waals surface area contributed by atoms with Gasteiger partial charge in [0.1, 0.15) is 6.04 Å². The van der Waals surface area contributed by atoms with Gasteiger partial charge in [0, 0.05) is 44.6 Å². The van der Waals surface area contributed by atoms with Gasteiger partial charge in [0.05, 0.1) is 16.6 Å². The minimum atomic E-state index is -0.634. The molecule has 1 aromatic rings. The van der Waals surface area contributed by atoms with E-state index < -0.39 is 27.4 Å². The van der Waals surface area contributed by atoms with Gasteiger partial charge in [-0.05, 0) is 44.6 Å². The summed E-state index contributed by atoms with van der Waals surface area (Å²) in [7, 11) is 1.76. The number of likely N-dealkylation sites (tertiary alicyclic amines) is 1. The van der Waals surface area contributed by atoms with Crippen molar-refractivity contribution < 1.29 is 19.5 Å². The van der Waals surface area contributed by atoms with Gasteiger partial charge in [-0.3, -0.25) is 14.4 Å². The van der Waals surface area contributed by atoms with Crippen molar-refractivity contribution in [2.24, 2.45) is 11.8 Å². The second kappa shape index (κ2) is 11.7. The Morgan fingerprint density at radius 3 is 2.47 bits per heavy atom. The number of aliphatic hydroxyl groups is 1. The Hall–Kier alpha value is -2.58.